The summed E-state index contributed by atoms with van der Waals surface area (Å²) in [6.07, 6.45) is 1.54. The molecule has 1 rings (SSSR count). The lowest BCUT2D eigenvalue weighted by Gasteiger charge is -2.14. The Bertz CT molecular complexity index is 339. The Morgan fingerprint density at radius 3 is 2.29 bits per heavy atom. The first kappa shape index (κ1) is 10.6. The van der Waals surface area contributed by atoms with E-state index in [-0.39, 0.29) is 17.8 Å². The van der Waals surface area contributed by atoms with Crippen molar-refractivity contribution in [2.24, 2.45) is 10.9 Å². The molecule has 0 fully saturated rings. The minimum atomic E-state index is -0.286. The highest BCUT2D eigenvalue weighted by molar-refractivity contribution is 5.35. The number of aliphatic imine (C=N–C) groups is 1. The molecule has 0 aromatic heterocycles. The first-order valence-electron chi connectivity index (χ1n) is 4.47. The van der Waals surface area contributed by atoms with Crippen LogP contribution in [0.25, 0.3) is 0 Å². The number of rotatable bonds is 3. The molecule has 0 heterocycles. The molecule has 14 heavy (non-hydrogen) atoms. The van der Waals surface area contributed by atoms with Crippen molar-refractivity contribution >= 4 is 6.08 Å². The molecular formula is C11H12FNO. The summed E-state index contributed by atoms with van der Waals surface area (Å²) in [5.74, 6) is -0.0896. The zero-order chi connectivity index (χ0) is 10.6. The van der Waals surface area contributed by atoms with Crippen molar-refractivity contribution in [2.45, 2.75) is 19.9 Å². The number of nitrogens with zero attached hydrogens (tertiary/aromatic N) is 1. The number of hydrogen-bond donors (Lipinski definition) is 0. The molecule has 0 unspecified atom stereocenters. The highest BCUT2D eigenvalue weighted by Gasteiger charge is 2.14. The van der Waals surface area contributed by atoms with Crippen LogP contribution in [0.4, 0.5) is 4.39 Å². The molecule has 0 radical (unpaired) electrons. The number of isocyanates is 1. The van der Waals surface area contributed by atoms with E-state index in [0.717, 1.165) is 5.56 Å². The average molecular weight is 193 g/mol. The van der Waals surface area contributed by atoms with Crippen LogP contribution in [0.5, 0.6) is 0 Å². The predicted octanol–water partition coefficient (Wildman–Crippen LogP) is 2.86. The lowest BCUT2D eigenvalue weighted by Crippen LogP contribution is -2.03. The van der Waals surface area contributed by atoms with Crippen LogP contribution in [0, 0.1) is 11.7 Å². The number of hydrogen-bond acceptors (Lipinski definition) is 2. The van der Waals surface area contributed by atoms with Crippen molar-refractivity contribution in [3.63, 3.8) is 0 Å². The SMILES string of the molecule is CC(C)[C@@H](N=C=O)c1ccc(F)cc1. The minimum absolute atomic E-state index is 0.196. The molecule has 0 bridgehead atoms. The summed E-state index contributed by atoms with van der Waals surface area (Å²) in [7, 11) is 0. The molecule has 2 nitrogen and oxygen atoms in total. The average Bonchev–Trinajstić information content (AvgIpc) is 2.15. The molecule has 0 aliphatic heterocycles. The third-order valence-electron chi connectivity index (χ3n) is 2.03. The molecule has 3 heteroatoms. The van der Waals surface area contributed by atoms with Gasteiger partial charge in [-0.25, -0.2) is 9.18 Å². The second-order valence-corrected chi connectivity index (χ2v) is 3.46. The Hall–Kier alpha value is -1.47. The number of benzene rings is 1. The van der Waals surface area contributed by atoms with Crippen LogP contribution in [0.3, 0.4) is 0 Å². The van der Waals surface area contributed by atoms with Crippen LogP contribution in [0.2, 0.25) is 0 Å². The van der Waals surface area contributed by atoms with Gasteiger partial charge in [0.1, 0.15) is 5.82 Å². The van der Waals surface area contributed by atoms with Crippen molar-refractivity contribution in [2.75, 3.05) is 0 Å². The molecular weight excluding hydrogens is 181 g/mol. The fraction of sp³-hybridized carbons (Fsp3) is 0.364. The summed E-state index contributed by atoms with van der Waals surface area (Å²) in [6, 6.07) is 5.78. The summed E-state index contributed by atoms with van der Waals surface area (Å²) in [4.78, 5) is 13.9. The largest absolute Gasteiger partial charge is 0.235 e. The monoisotopic (exact) mass is 193 g/mol. The normalized spacial score (nSPS) is 12.3. The van der Waals surface area contributed by atoms with Gasteiger partial charge in [0.25, 0.3) is 0 Å². The third-order valence-corrected chi connectivity index (χ3v) is 2.03. The van der Waals surface area contributed by atoms with Crippen molar-refractivity contribution < 1.29 is 9.18 Å². The molecule has 0 N–H and O–H groups in total. The van der Waals surface area contributed by atoms with E-state index in [2.05, 4.69) is 4.99 Å². The molecule has 0 aliphatic carbocycles. The van der Waals surface area contributed by atoms with Gasteiger partial charge in [0.15, 0.2) is 0 Å². The molecule has 0 amide bonds. The van der Waals surface area contributed by atoms with Gasteiger partial charge < -0.3 is 0 Å². The number of carbonyl (C=O) groups excluding carboxylic acids is 1. The fourth-order valence-electron chi connectivity index (χ4n) is 1.33. The maximum atomic E-state index is 12.6. The van der Waals surface area contributed by atoms with Crippen LogP contribution < -0.4 is 0 Å². The lowest BCUT2D eigenvalue weighted by atomic mass is 9.97. The fourth-order valence-corrected chi connectivity index (χ4v) is 1.33. The van der Waals surface area contributed by atoms with Gasteiger partial charge in [0.05, 0.1) is 6.04 Å². The van der Waals surface area contributed by atoms with Crippen molar-refractivity contribution in [3.8, 4) is 0 Å². The zero-order valence-corrected chi connectivity index (χ0v) is 8.20. The van der Waals surface area contributed by atoms with Gasteiger partial charge in [-0.05, 0) is 23.6 Å². The van der Waals surface area contributed by atoms with Gasteiger partial charge in [0.2, 0.25) is 6.08 Å². The van der Waals surface area contributed by atoms with E-state index in [1.807, 2.05) is 13.8 Å². The Morgan fingerprint density at radius 2 is 1.86 bits per heavy atom. The van der Waals surface area contributed by atoms with Gasteiger partial charge in [-0.1, -0.05) is 26.0 Å². The van der Waals surface area contributed by atoms with E-state index in [1.165, 1.54) is 12.1 Å². The topological polar surface area (TPSA) is 29.4 Å². The molecule has 0 spiro atoms. The molecule has 1 aromatic carbocycles. The van der Waals surface area contributed by atoms with E-state index in [4.69, 9.17) is 0 Å². The third kappa shape index (κ3) is 2.51. The van der Waals surface area contributed by atoms with Crippen molar-refractivity contribution in [1.29, 1.82) is 0 Å². The van der Waals surface area contributed by atoms with Crippen LogP contribution in [-0.4, -0.2) is 6.08 Å². The second-order valence-electron chi connectivity index (χ2n) is 3.46. The smallest absolute Gasteiger partial charge is 0.211 e. The van der Waals surface area contributed by atoms with E-state index >= 15 is 0 Å². The van der Waals surface area contributed by atoms with Gasteiger partial charge in [-0.3, -0.25) is 0 Å². The highest BCUT2D eigenvalue weighted by atomic mass is 19.1. The summed E-state index contributed by atoms with van der Waals surface area (Å²) in [5, 5.41) is 0. The molecule has 74 valence electrons. The van der Waals surface area contributed by atoms with Gasteiger partial charge in [-0.15, -0.1) is 0 Å². The first-order chi connectivity index (χ1) is 6.65. The highest BCUT2D eigenvalue weighted by Crippen LogP contribution is 2.25. The Labute approximate surface area is 82.5 Å². The summed E-state index contributed by atoms with van der Waals surface area (Å²) in [6.45, 7) is 3.91. The maximum Gasteiger partial charge on any atom is 0.235 e. The quantitative estimate of drug-likeness (QED) is 0.536. The van der Waals surface area contributed by atoms with E-state index < -0.39 is 0 Å². The van der Waals surface area contributed by atoms with Crippen LogP contribution in [-0.2, 0) is 4.79 Å². The van der Waals surface area contributed by atoms with E-state index in [1.54, 1.807) is 18.2 Å². The minimum Gasteiger partial charge on any atom is -0.211 e. The standard InChI is InChI=1S/C11H12FNO/c1-8(2)11(13-7-14)9-3-5-10(12)6-4-9/h3-6,8,11H,1-2H3/t11-/m1/s1. The maximum absolute atomic E-state index is 12.6. The van der Waals surface area contributed by atoms with Crippen molar-refractivity contribution in [1.82, 2.24) is 0 Å². The molecule has 1 aromatic rings. The van der Waals surface area contributed by atoms with E-state index in [9.17, 15) is 9.18 Å². The van der Waals surface area contributed by atoms with Crippen molar-refractivity contribution in [3.05, 3.63) is 35.6 Å². The van der Waals surface area contributed by atoms with Crippen LogP contribution >= 0.6 is 0 Å². The van der Waals surface area contributed by atoms with Gasteiger partial charge in [0, 0.05) is 0 Å². The Balaban J connectivity index is 2.99. The van der Waals surface area contributed by atoms with Gasteiger partial charge in [-0.2, -0.15) is 4.99 Å². The van der Waals surface area contributed by atoms with Gasteiger partial charge >= 0.3 is 0 Å². The Morgan fingerprint density at radius 1 is 1.29 bits per heavy atom. The van der Waals surface area contributed by atoms with Crippen LogP contribution in [0.15, 0.2) is 29.3 Å². The second kappa shape index (κ2) is 4.68. The molecule has 0 saturated carbocycles. The number of halogens is 1. The first-order valence-corrected chi connectivity index (χ1v) is 4.47. The van der Waals surface area contributed by atoms with Crippen LogP contribution in [0.1, 0.15) is 25.5 Å². The summed E-state index contributed by atoms with van der Waals surface area (Å²) in [5.41, 5.74) is 0.838. The molecule has 1 atom stereocenters. The molecule has 0 saturated heterocycles. The summed E-state index contributed by atoms with van der Waals surface area (Å²) < 4.78 is 12.6. The lowest BCUT2D eigenvalue weighted by molar-refractivity contribution is 0.501. The summed E-state index contributed by atoms with van der Waals surface area (Å²) >= 11 is 0. The Kier molecular flexibility index (Phi) is 3.55. The predicted molar refractivity (Wildman–Crippen MR) is 52.1 cm³/mol. The molecule has 0 aliphatic rings. The zero-order valence-electron chi connectivity index (χ0n) is 8.20. The van der Waals surface area contributed by atoms with E-state index in [0.29, 0.717) is 0 Å².